The number of hydrogen-bond acceptors (Lipinski definition) is 2. The number of aryl methyl sites for hydroxylation is 1. The van der Waals surface area contributed by atoms with Gasteiger partial charge in [-0.1, -0.05) is 24.3 Å². The van der Waals surface area contributed by atoms with Crippen LogP contribution in [-0.4, -0.2) is 34.6 Å². The zero-order valence-corrected chi connectivity index (χ0v) is 11.9. The summed E-state index contributed by atoms with van der Waals surface area (Å²) in [6.07, 6.45) is 4.30. The molecule has 1 unspecified atom stereocenters. The highest BCUT2D eigenvalue weighted by Gasteiger charge is 2.35. The van der Waals surface area contributed by atoms with Crippen LogP contribution in [0.15, 0.2) is 24.3 Å². The first kappa shape index (κ1) is 13.9. The first-order valence-electron chi connectivity index (χ1n) is 7.54. The molecule has 0 bridgehead atoms. The van der Waals surface area contributed by atoms with Gasteiger partial charge < -0.3 is 15.3 Å². The maximum atomic E-state index is 12.4. The molecule has 1 aromatic carbocycles. The normalized spacial score (nSPS) is 24.5. The van der Waals surface area contributed by atoms with E-state index < -0.39 is 12.0 Å². The number of likely N-dealkylation sites (tertiary alicyclic amines) is 1. The molecular formula is C16H20N2O3. The van der Waals surface area contributed by atoms with Gasteiger partial charge in [0.15, 0.2) is 0 Å². The molecule has 1 saturated heterocycles. The van der Waals surface area contributed by atoms with E-state index in [1.807, 2.05) is 12.1 Å². The SMILES string of the molecule is O=C(O)[C@H]1CCCN1C(=O)NC1CCCc2ccccc21. The molecule has 0 saturated carbocycles. The highest BCUT2D eigenvalue weighted by molar-refractivity contribution is 5.83. The molecule has 112 valence electrons. The average molecular weight is 288 g/mol. The minimum absolute atomic E-state index is 0.00232. The van der Waals surface area contributed by atoms with Crippen molar-refractivity contribution < 1.29 is 14.7 Å². The van der Waals surface area contributed by atoms with Crippen LogP contribution in [0.5, 0.6) is 0 Å². The summed E-state index contributed by atoms with van der Waals surface area (Å²) in [6.45, 7) is 0.525. The van der Waals surface area contributed by atoms with E-state index in [0.717, 1.165) is 25.7 Å². The van der Waals surface area contributed by atoms with Crippen molar-refractivity contribution in [2.45, 2.75) is 44.2 Å². The van der Waals surface area contributed by atoms with Crippen molar-refractivity contribution >= 4 is 12.0 Å². The van der Waals surface area contributed by atoms with Gasteiger partial charge in [0, 0.05) is 6.54 Å². The number of urea groups is 1. The highest BCUT2D eigenvalue weighted by atomic mass is 16.4. The van der Waals surface area contributed by atoms with E-state index in [0.29, 0.717) is 13.0 Å². The maximum absolute atomic E-state index is 12.4. The van der Waals surface area contributed by atoms with Crippen molar-refractivity contribution in [2.24, 2.45) is 0 Å². The number of amides is 2. The molecule has 1 aliphatic carbocycles. The summed E-state index contributed by atoms with van der Waals surface area (Å²) in [4.78, 5) is 25.0. The molecule has 1 fully saturated rings. The van der Waals surface area contributed by atoms with Crippen molar-refractivity contribution in [3.05, 3.63) is 35.4 Å². The lowest BCUT2D eigenvalue weighted by atomic mass is 9.88. The Bertz CT molecular complexity index is 558. The molecule has 21 heavy (non-hydrogen) atoms. The second-order valence-electron chi connectivity index (χ2n) is 5.78. The Hall–Kier alpha value is -2.04. The van der Waals surface area contributed by atoms with E-state index in [4.69, 9.17) is 0 Å². The number of fused-ring (bicyclic) bond motifs is 1. The number of carboxylic acid groups (broad SMARTS) is 1. The van der Waals surface area contributed by atoms with Crippen LogP contribution in [0, 0.1) is 0 Å². The molecule has 0 spiro atoms. The number of carbonyl (C=O) groups excluding carboxylic acids is 1. The van der Waals surface area contributed by atoms with Gasteiger partial charge >= 0.3 is 12.0 Å². The Kier molecular flexibility index (Phi) is 3.82. The van der Waals surface area contributed by atoms with E-state index in [1.54, 1.807) is 0 Å². The van der Waals surface area contributed by atoms with Crippen molar-refractivity contribution in [1.82, 2.24) is 10.2 Å². The van der Waals surface area contributed by atoms with Crippen LogP contribution in [0.2, 0.25) is 0 Å². The number of nitrogens with zero attached hydrogens (tertiary/aromatic N) is 1. The first-order chi connectivity index (χ1) is 10.2. The third-order valence-electron chi connectivity index (χ3n) is 4.47. The van der Waals surface area contributed by atoms with E-state index >= 15 is 0 Å². The maximum Gasteiger partial charge on any atom is 0.326 e. The van der Waals surface area contributed by atoms with Crippen LogP contribution in [0.4, 0.5) is 4.79 Å². The predicted molar refractivity (Wildman–Crippen MR) is 78.0 cm³/mol. The standard InChI is InChI=1S/C16H20N2O3/c19-15(20)14-9-4-10-18(14)16(21)17-13-8-3-6-11-5-1-2-7-12(11)13/h1-2,5,7,13-14H,3-4,6,8-10H2,(H,17,21)(H,19,20)/t13?,14-/m1/s1. The molecule has 5 nitrogen and oxygen atoms in total. The molecule has 1 heterocycles. The van der Waals surface area contributed by atoms with Crippen molar-refractivity contribution in [2.75, 3.05) is 6.54 Å². The third-order valence-corrected chi connectivity index (χ3v) is 4.47. The zero-order chi connectivity index (χ0) is 14.8. The van der Waals surface area contributed by atoms with Gasteiger partial charge in [0.25, 0.3) is 0 Å². The lowest BCUT2D eigenvalue weighted by molar-refractivity contribution is -0.141. The van der Waals surface area contributed by atoms with Gasteiger partial charge in [0.05, 0.1) is 6.04 Å². The summed E-state index contributed by atoms with van der Waals surface area (Å²) < 4.78 is 0. The topological polar surface area (TPSA) is 69.6 Å². The number of carboxylic acids is 1. The van der Waals surface area contributed by atoms with Gasteiger partial charge in [-0.2, -0.15) is 0 Å². The minimum atomic E-state index is -0.910. The number of carbonyl (C=O) groups is 2. The van der Waals surface area contributed by atoms with Gasteiger partial charge in [0.1, 0.15) is 6.04 Å². The van der Waals surface area contributed by atoms with Crippen LogP contribution in [0.1, 0.15) is 42.9 Å². The van der Waals surface area contributed by atoms with Crippen LogP contribution >= 0.6 is 0 Å². The second kappa shape index (κ2) is 5.76. The van der Waals surface area contributed by atoms with Crippen molar-refractivity contribution in [1.29, 1.82) is 0 Å². The summed E-state index contributed by atoms with van der Waals surface area (Å²) in [5, 5.41) is 12.2. The lowest BCUT2D eigenvalue weighted by Crippen LogP contribution is -2.47. The summed E-state index contributed by atoms with van der Waals surface area (Å²) in [5.74, 6) is -0.910. The molecule has 2 amide bonds. The molecule has 0 aromatic heterocycles. The van der Waals surface area contributed by atoms with Gasteiger partial charge in [-0.3, -0.25) is 0 Å². The summed E-state index contributed by atoms with van der Waals surface area (Å²) >= 11 is 0. The van der Waals surface area contributed by atoms with Crippen LogP contribution < -0.4 is 5.32 Å². The van der Waals surface area contributed by atoms with Gasteiger partial charge in [-0.05, 0) is 43.2 Å². The van der Waals surface area contributed by atoms with Gasteiger partial charge in [-0.25, -0.2) is 9.59 Å². The highest BCUT2D eigenvalue weighted by Crippen LogP contribution is 2.30. The molecular weight excluding hydrogens is 268 g/mol. The fourth-order valence-corrected chi connectivity index (χ4v) is 3.40. The Morgan fingerprint density at radius 2 is 2.00 bits per heavy atom. The molecule has 2 N–H and O–H groups in total. The Morgan fingerprint density at radius 3 is 2.81 bits per heavy atom. The lowest BCUT2D eigenvalue weighted by Gasteiger charge is -2.29. The zero-order valence-electron chi connectivity index (χ0n) is 11.9. The molecule has 0 radical (unpaired) electrons. The fraction of sp³-hybridized carbons (Fsp3) is 0.500. The van der Waals surface area contributed by atoms with E-state index in [2.05, 4.69) is 17.4 Å². The number of nitrogens with one attached hydrogen (secondary N) is 1. The molecule has 1 aliphatic heterocycles. The van der Waals surface area contributed by atoms with Gasteiger partial charge in [0.2, 0.25) is 0 Å². The van der Waals surface area contributed by atoms with Crippen LogP contribution in [0.25, 0.3) is 0 Å². The number of hydrogen-bond donors (Lipinski definition) is 2. The first-order valence-corrected chi connectivity index (χ1v) is 7.54. The molecule has 1 aromatic rings. The number of aliphatic carboxylic acids is 1. The summed E-state index contributed by atoms with van der Waals surface area (Å²) in [6, 6.07) is 7.23. The molecule has 2 aliphatic rings. The molecule has 2 atom stereocenters. The smallest absolute Gasteiger partial charge is 0.326 e. The number of benzene rings is 1. The van der Waals surface area contributed by atoms with Crippen molar-refractivity contribution in [3.8, 4) is 0 Å². The second-order valence-corrected chi connectivity index (χ2v) is 5.78. The quantitative estimate of drug-likeness (QED) is 0.877. The minimum Gasteiger partial charge on any atom is -0.480 e. The summed E-state index contributed by atoms with van der Waals surface area (Å²) in [7, 11) is 0. The Labute approximate surface area is 123 Å². The molecule has 5 heteroatoms. The fourth-order valence-electron chi connectivity index (χ4n) is 3.40. The number of rotatable bonds is 2. The Morgan fingerprint density at radius 1 is 1.19 bits per heavy atom. The van der Waals surface area contributed by atoms with E-state index in [1.165, 1.54) is 16.0 Å². The third kappa shape index (κ3) is 2.73. The van der Waals surface area contributed by atoms with E-state index in [-0.39, 0.29) is 12.1 Å². The van der Waals surface area contributed by atoms with Crippen LogP contribution in [-0.2, 0) is 11.2 Å². The monoisotopic (exact) mass is 288 g/mol. The van der Waals surface area contributed by atoms with Crippen molar-refractivity contribution in [3.63, 3.8) is 0 Å². The molecule has 3 rings (SSSR count). The van der Waals surface area contributed by atoms with Gasteiger partial charge in [-0.15, -0.1) is 0 Å². The van der Waals surface area contributed by atoms with Crippen LogP contribution in [0.3, 0.4) is 0 Å². The predicted octanol–water partition coefficient (Wildman–Crippen LogP) is 2.32. The average Bonchev–Trinajstić information content (AvgIpc) is 2.97. The Balaban J connectivity index is 1.73. The largest absolute Gasteiger partial charge is 0.480 e. The summed E-state index contributed by atoms with van der Waals surface area (Å²) in [5.41, 5.74) is 2.45. The van der Waals surface area contributed by atoms with E-state index in [9.17, 15) is 14.7 Å².